The van der Waals surface area contributed by atoms with Crippen LogP contribution in [0, 0.1) is 17.0 Å². The van der Waals surface area contributed by atoms with Gasteiger partial charge in [0, 0.05) is 37.8 Å². The van der Waals surface area contributed by atoms with E-state index < -0.39 is 22.4 Å². The van der Waals surface area contributed by atoms with Crippen molar-refractivity contribution in [2.24, 2.45) is 0 Å². The minimum atomic E-state index is -4.68. The van der Waals surface area contributed by atoms with Crippen LogP contribution >= 0.6 is 0 Å². The zero-order chi connectivity index (χ0) is 23.8. The van der Waals surface area contributed by atoms with Gasteiger partial charge in [0.25, 0.3) is 11.6 Å². The first-order valence-corrected chi connectivity index (χ1v) is 10.1. The number of hydrogen-bond donors (Lipinski definition) is 0. The summed E-state index contributed by atoms with van der Waals surface area (Å²) >= 11 is 0. The Kier molecular flexibility index (Phi) is 5.79. The van der Waals surface area contributed by atoms with Gasteiger partial charge >= 0.3 is 6.18 Å². The second-order valence-corrected chi connectivity index (χ2v) is 7.53. The molecule has 172 valence electrons. The summed E-state index contributed by atoms with van der Waals surface area (Å²) in [5, 5.41) is 11.4. The van der Waals surface area contributed by atoms with Crippen molar-refractivity contribution in [3.05, 3.63) is 75.7 Å². The number of carbonyl (C=O) groups is 1. The summed E-state index contributed by atoms with van der Waals surface area (Å²) in [6.45, 7) is 2.54. The van der Waals surface area contributed by atoms with E-state index in [4.69, 9.17) is 4.42 Å². The maximum atomic E-state index is 13.0. The zero-order valence-corrected chi connectivity index (χ0v) is 17.5. The Morgan fingerprint density at radius 3 is 2.36 bits per heavy atom. The highest BCUT2D eigenvalue weighted by Crippen LogP contribution is 2.37. The van der Waals surface area contributed by atoms with Crippen molar-refractivity contribution in [1.29, 1.82) is 0 Å². The van der Waals surface area contributed by atoms with Gasteiger partial charge in [-0.15, -0.1) is 0 Å². The predicted molar refractivity (Wildman–Crippen MR) is 113 cm³/mol. The predicted octanol–water partition coefficient (Wildman–Crippen LogP) is 4.54. The van der Waals surface area contributed by atoms with Crippen molar-refractivity contribution in [2.75, 3.05) is 31.1 Å². The number of benzene rings is 2. The fraction of sp³-hybridized carbons (Fsp3) is 0.273. The smallest absolute Gasteiger partial charge is 0.416 e. The Balaban J connectivity index is 1.49. The molecule has 0 unspecified atom stereocenters. The average Bonchev–Trinajstić information content (AvgIpc) is 3.20. The number of hydrogen-bond acceptors (Lipinski definition) is 6. The fourth-order valence-electron chi connectivity index (χ4n) is 3.71. The molecule has 2 heterocycles. The van der Waals surface area contributed by atoms with E-state index in [0.29, 0.717) is 17.7 Å². The number of nitro benzene ring substituents is 1. The summed E-state index contributed by atoms with van der Waals surface area (Å²) in [5.41, 5.74) is -0.696. The first kappa shape index (κ1) is 22.3. The van der Waals surface area contributed by atoms with Crippen LogP contribution in [0.25, 0.3) is 11.5 Å². The number of aryl methyl sites for hydroxylation is 1. The van der Waals surface area contributed by atoms with Gasteiger partial charge in [0.05, 0.1) is 10.5 Å². The molecule has 1 aromatic heterocycles. The molecule has 3 aromatic rings. The summed E-state index contributed by atoms with van der Waals surface area (Å²) in [6.07, 6.45) is -4.68. The topological polar surface area (TPSA) is 92.7 Å². The Morgan fingerprint density at radius 2 is 1.76 bits per heavy atom. The SMILES string of the molecule is Cc1oc(-c2ccccc2)nc1C(=O)N1CCN(c2ccc(C(F)(F)F)cc2[N+](=O)[O-])CC1. The molecule has 33 heavy (non-hydrogen) atoms. The van der Waals surface area contributed by atoms with Gasteiger partial charge < -0.3 is 14.2 Å². The van der Waals surface area contributed by atoms with E-state index in [2.05, 4.69) is 4.98 Å². The van der Waals surface area contributed by atoms with E-state index in [0.717, 1.165) is 17.7 Å². The van der Waals surface area contributed by atoms with Crippen molar-refractivity contribution in [3.8, 4) is 11.5 Å². The molecule has 0 radical (unpaired) electrons. The summed E-state index contributed by atoms with van der Waals surface area (Å²) in [5.74, 6) is 0.370. The van der Waals surface area contributed by atoms with Crippen molar-refractivity contribution >= 4 is 17.3 Å². The number of oxazole rings is 1. The van der Waals surface area contributed by atoms with E-state index in [-0.39, 0.29) is 43.5 Å². The normalized spacial score (nSPS) is 14.4. The van der Waals surface area contributed by atoms with E-state index in [1.165, 1.54) is 0 Å². The first-order valence-electron chi connectivity index (χ1n) is 10.1. The zero-order valence-electron chi connectivity index (χ0n) is 17.5. The molecule has 0 bridgehead atoms. The summed E-state index contributed by atoms with van der Waals surface area (Å²) in [6, 6.07) is 11.6. The van der Waals surface area contributed by atoms with Crippen molar-refractivity contribution in [3.63, 3.8) is 0 Å². The standard InChI is InChI=1S/C22H19F3N4O4/c1-14-19(26-20(33-14)15-5-3-2-4-6-15)21(30)28-11-9-27(10-12-28)17-8-7-16(22(23,24)25)13-18(17)29(31)32/h2-8,13H,9-12H2,1H3. The maximum Gasteiger partial charge on any atom is 0.416 e. The second kappa shape index (κ2) is 8.57. The lowest BCUT2D eigenvalue weighted by molar-refractivity contribution is -0.384. The Labute approximate surface area is 186 Å². The van der Waals surface area contributed by atoms with E-state index in [1.807, 2.05) is 30.3 Å². The lowest BCUT2D eigenvalue weighted by Gasteiger charge is -2.35. The van der Waals surface area contributed by atoms with Gasteiger partial charge in [-0.2, -0.15) is 13.2 Å². The third-order valence-electron chi connectivity index (χ3n) is 5.43. The lowest BCUT2D eigenvalue weighted by atomic mass is 10.1. The van der Waals surface area contributed by atoms with Crippen LogP contribution in [0.15, 0.2) is 52.9 Å². The number of nitro groups is 1. The molecule has 0 aliphatic carbocycles. The molecule has 0 saturated carbocycles. The fourth-order valence-corrected chi connectivity index (χ4v) is 3.71. The summed E-state index contributed by atoms with van der Waals surface area (Å²) in [7, 11) is 0. The molecule has 2 aromatic carbocycles. The average molecular weight is 460 g/mol. The molecule has 0 spiro atoms. The third-order valence-corrected chi connectivity index (χ3v) is 5.43. The van der Waals surface area contributed by atoms with Crippen LogP contribution in [-0.4, -0.2) is 46.9 Å². The lowest BCUT2D eigenvalue weighted by Crippen LogP contribution is -2.49. The number of nitrogens with zero attached hydrogens (tertiary/aromatic N) is 4. The maximum absolute atomic E-state index is 13.0. The molecule has 1 aliphatic rings. The largest absolute Gasteiger partial charge is 0.441 e. The van der Waals surface area contributed by atoms with Gasteiger partial charge in [0.1, 0.15) is 11.4 Å². The van der Waals surface area contributed by atoms with E-state index in [9.17, 15) is 28.1 Å². The number of halogens is 3. The number of rotatable bonds is 4. The van der Waals surface area contributed by atoms with Gasteiger partial charge in [-0.3, -0.25) is 14.9 Å². The number of anilines is 1. The molecular formula is C22H19F3N4O4. The van der Waals surface area contributed by atoms with Crippen LogP contribution in [0.1, 0.15) is 21.8 Å². The van der Waals surface area contributed by atoms with Crippen LogP contribution in [0.5, 0.6) is 0 Å². The van der Waals surface area contributed by atoms with Gasteiger partial charge in [-0.05, 0) is 31.2 Å². The second-order valence-electron chi connectivity index (χ2n) is 7.53. The van der Waals surface area contributed by atoms with Crippen molar-refractivity contribution in [1.82, 2.24) is 9.88 Å². The number of amides is 1. The van der Waals surface area contributed by atoms with Crippen molar-refractivity contribution < 1.29 is 27.3 Å². The molecule has 1 fully saturated rings. The minimum absolute atomic E-state index is 0.0871. The molecule has 0 N–H and O–H groups in total. The molecular weight excluding hydrogens is 441 g/mol. The van der Waals surface area contributed by atoms with E-state index >= 15 is 0 Å². The molecule has 11 heteroatoms. The summed E-state index contributed by atoms with van der Waals surface area (Å²) in [4.78, 5) is 31.0. The molecule has 0 atom stereocenters. The third kappa shape index (κ3) is 4.52. The quantitative estimate of drug-likeness (QED) is 0.419. The Morgan fingerprint density at radius 1 is 1.09 bits per heavy atom. The van der Waals surface area contributed by atoms with Crippen LogP contribution in [0.3, 0.4) is 0 Å². The van der Waals surface area contributed by atoms with Crippen LogP contribution in [0.4, 0.5) is 24.5 Å². The van der Waals surface area contributed by atoms with Gasteiger partial charge in [-0.1, -0.05) is 18.2 Å². The first-order chi connectivity index (χ1) is 15.6. The molecule has 8 nitrogen and oxygen atoms in total. The number of piperazine rings is 1. The highest BCUT2D eigenvalue weighted by Gasteiger charge is 2.35. The van der Waals surface area contributed by atoms with Crippen LogP contribution < -0.4 is 4.90 Å². The summed E-state index contributed by atoms with van der Waals surface area (Å²) < 4.78 is 44.5. The monoisotopic (exact) mass is 460 g/mol. The molecule has 1 aliphatic heterocycles. The molecule has 1 saturated heterocycles. The minimum Gasteiger partial charge on any atom is -0.441 e. The van der Waals surface area contributed by atoms with Gasteiger partial charge in [-0.25, -0.2) is 4.98 Å². The Bertz CT molecular complexity index is 1190. The van der Waals surface area contributed by atoms with Gasteiger partial charge in [0.15, 0.2) is 5.69 Å². The van der Waals surface area contributed by atoms with Crippen molar-refractivity contribution in [2.45, 2.75) is 13.1 Å². The van der Waals surface area contributed by atoms with Gasteiger partial charge in [0.2, 0.25) is 5.89 Å². The number of alkyl halides is 3. The molecule has 1 amide bonds. The van der Waals surface area contributed by atoms with Crippen LogP contribution in [-0.2, 0) is 6.18 Å². The highest BCUT2D eigenvalue weighted by atomic mass is 19.4. The van der Waals surface area contributed by atoms with E-state index in [1.54, 1.807) is 16.7 Å². The molecule has 4 rings (SSSR count). The number of aromatic nitrogens is 1. The highest BCUT2D eigenvalue weighted by molar-refractivity contribution is 5.94. The van der Waals surface area contributed by atoms with Crippen LogP contribution in [0.2, 0.25) is 0 Å². The Hall–Kier alpha value is -3.89. The number of carbonyl (C=O) groups excluding carboxylic acids is 1.